The van der Waals surface area contributed by atoms with Crippen molar-refractivity contribution in [2.24, 2.45) is 0 Å². The lowest BCUT2D eigenvalue weighted by Gasteiger charge is -2.09. The number of pyridine rings is 1. The highest BCUT2D eigenvalue weighted by Gasteiger charge is 2.12. The number of hydrogen-bond donors (Lipinski definition) is 2. The molecule has 92 valence electrons. The molecule has 3 N–H and O–H groups in total. The van der Waals surface area contributed by atoms with Crippen molar-refractivity contribution in [2.75, 3.05) is 11.1 Å². The van der Waals surface area contributed by atoms with Crippen molar-refractivity contribution in [3.8, 4) is 0 Å². The summed E-state index contributed by atoms with van der Waals surface area (Å²) in [7, 11) is 0. The van der Waals surface area contributed by atoms with Crippen LogP contribution in [0.15, 0.2) is 36.4 Å². The molecule has 0 fully saturated rings. The van der Waals surface area contributed by atoms with Crippen molar-refractivity contribution in [1.29, 1.82) is 0 Å². The lowest BCUT2D eigenvalue weighted by molar-refractivity contribution is 0.102. The van der Waals surface area contributed by atoms with Gasteiger partial charge in [0.1, 0.15) is 5.82 Å². The Bertz CT molecular complexity index is 573. The molecule has 2 rings (SSSR count). The Balaban J connectivity index is 2.28. The van der Waals surface area contributed by atoms with Crippen LogP contribution in [-0.4, -0.2) is 10.9 Å². The maximum atomic E-state index is 12.1. The largest absolute Gasteiger partial charge is 0.398 e. The SMILES string of the molecule is Cc1cccc(NC(=O)c2c(C)cccc2N)n1. The topological polar surface area (TPSA) is 68.0 Å². The lowest BCUT2D eigenvalue weighted by atomic mass is 10.1. The molecule has 0 saturated carbocycles. The number of aromatic nitrogens is 1. The van der Waals surface area contributed by atoms with Gasteiger partial charge in [-0.05, 0) is 37.6 Å². The van der Waals surface area contributed by atoms with E-state index in [9.17, 15) is 4.79 Å². The van der Waals surface area contributed by atoms with Crippen LogP contribution in [0, 0.1) is 13.8 Å². The third kappa shape index (κ3) is 2.48. The number of nitrogens with one attached hydrogen (secondary N) is 1. The van der Waals surface area contributed by atoms with E-state index in [4.69, 9.17) is 5.73 Å². The fraction of sp³-hybridized carbons (Fsp3) is 0.143. The summed E-state index contributed by atoms with van der Waals surface area (Å²) in [5.41, 5.74) is 8.50. The molecule has 1 aromatic carbocycles. The number of nitrogen functional groups attached to an aromatic ring is 1. The molecule has 0 atom stereocenters. The monoisotopic (exact) mass is 241 g/mol. The molecule has 0 unspecified atom stereocenters. The Morgan fingerprint density at radius 3 is 2.56 bits per heavy atom. The number of nitrogens with zero attached hydrogens (tertiary/aromatic N) is 1. The molecule has 4 nitrogen and oxygen atoms in total. The summed E-state index contributed by atoms with van der Waals surface area (Å²) in [6.45, 7) is 3.73. The minimum absolute atomic E-state index is 0.233. The first kappa shape index (κ1) is 12.1. The first-order valence-corrected chi connectivity index (χ1v) is 5.68. The van der Waals surface area contributed by atoms with Gasteiger partial charge in [-0.3, -0.25) is 4.79 Å². The normalized spacial score (nSPS) is 10.1. The van der Waals surface area contributed by atoms with Gasteiger partial charge in [-0.2, -0.15) is 0 Å². The van der Waals surface area contributed by atoms with Crippen molar-refractivity contribution in [2.45, 2.75) is 13.8 Å². The van der Waals surface area contributed by atoms with E-state index in [-0.39, 0.29) is 5.91 Å². The fourth-order valence-electron chi connectivity index (χ4n) is 1.79. The number of carbonyl (C=O) groups is 1. The highest BCUT2D eigenvalue weighted by atomic mass is 16.1. The van der Waals surface area contributed by atoms with Gasteiger partial charge in [-0.25, -0.2) is 4.98 Å². The molecule has 18 heavy (non-hydrogen) atoms. The van der Waals surface area contributed by atoms with E-state index in [2.05, 4.69) is 10.3 Å². The van der Waals surface area contributed by atoms with Crippen LogP contribution in [0.25, 0.3) is 0 Å². The summed E-state index contributed by atoms with van der Waals surface area (Å²) in [5.74, 6) is 0.298. The Kier molecular flexibility index (Phi) is 3.28. The van der Waals surface area contributed by atoms with Crippen LogP contribution in [0.3, 0.4) is 0 Å². The quantitative estimate of drug-likeness (QED) is 0.794. The summed E-state index contributed by atoms with van der Waals surface area (Å²) in [4.78, 5) is 16.4. The smallest absolute Gasteiger partial charge is 0.259 e. The zero-order valence-electron chi connectivity index (χ0n) is 10.4. The van der Waals surface area contributed by atoms with Gasteiger partial charge in [-0.1, -0.05) is 18.2 Å². The first-order chi connectivity index (χ1) is 8.58. The van der Waals surface area contributed by atoms with Crippen LogP contribution >= 0.6 is 0 Å². The molecule has 1 amide bonds. The van der Waals surface area contributed by atoms with E-state index in [0.29, 0.717) is 17.1 Å². The summed E-state index contributed by atoms with van der Waals surface area (Å²) in [5, 5.41) is 2.75. The molecule has 0 aliphatic rings. The Labute approximate surface area is 106 Å². The van der Waals surface area contributed by atoms with E-state index in [0.717, 1.165) is 11.3 Å². The zero-order chi connectivity index (χ0) is 13.1. The Morgan fingerprint density at radius 1 is 1.17 bits per heavy atom. The van der Waals surface area contributed by atoms with Crippen molar-refractivity contribution in [1.82, 2.24) is 4.98 Å². The number of aryl methyl sites for hydroxylation is 2. The molecule has 1 heterocycles. The molecule has 0 aliphatic heterocycles. The zero-order valence-corrected chi connectivity index (χ0v) is 10.4. The number of nitrogens with two attached hydrogens (primary N) is 1. The third-order valence-electron chi connectivity index (χ3n) is 2.66. The van der Waals surface area contributed by atoms with Crippen molar-refractivity contribution in [3.63, 3.8) is 0 Å². The molecule has 0 saturated heterocycles. The summed E-state index contributed by atoms with van der Waals surface area (Å²) in [6.07, 6.45) is 0. The fourth-order valence-corrected chi connectivity index (χ4v) is 1.79. The highest BCUT2D eigenvalue weighted by molar-refractivity contribution is 6.08. The third-order valence-corrected chi connectivity index (χ3v) is 2.66. The molecular weight excluding hydrogens is 226 g/mol. The highest BCUT2D eigenvalue weighted by Crippen LogP contribution is 2.17. The predicted octanol–water partition coefficient (Wildman–Crippen LogP) is 2.53. The van der Waals surface area contributed by atoms with Gasteiger partial charge >= 0.3 is 0 Å². The molecule has 0 radical (unpaired) electrons. The van der Waals surface area contributed by atoms with Crippen LogP contribution in [0.5, 0.6) is 0 Å². The molecule has 0 aliphatic carbocycles. The molecule has 4 heteroatoms. The lowest BCUT2D eigenvalue weighted by Crippen LogP contribution is -2.16. The number of amides is 1. The maximum absolute atomic E-state index is 12.1. The van der Waals surface area contributed by atoms with Crippen LogP contribution < -0.4 is 11.1 Å². The number of carbonyl (C=O) groups excluding carboxylic acids is 1. The van der Waals surface area contributed by atoms with Gasteiger partial charge in [0.2, 0.25) is 0 Å². The van der Waals surface area contributed by atoms with Gasteiger partial charge in [-0.15, -0.1) is 0 Å². The van der Waals surface area contributed by atoms with E-state index in [1.54, 1.807) is 12.1 Å². The van der Waals surface area contributed by atoms with Crippen LogP contribution in [-0.2, 0) is 0 Å². The van der Waals surface area contributed by atoms with Crippen molar-refractivity contribution in [3.05, 3.63) is 53.2 Å². The van der Waals surface area contributed by atoms with Gasteiger partial charge in [0.25, 0.3) is 5.91 Å². The van der Waals surface area contributed by atoms with Gasteiger partial charge < -0.3 is 11.1 Å². The van der Waals surface area contributed by atoms with Gasteiger partial charge in [0, 0.05) is 11.4 Å². The van der Waals surface area contributed by atoms with E-state index in [1.807, 2.05) is 38.1 Å². The number of rotatable bonds is 2. The second-order valence-electron chi connectivity index (χ2n) is 4.16. The van der Waals surface area contributed by atoms with Crippen LogP contribution in [0.1, 0.15) is 21.6 Å². The van der Waals surface area contributed by atoms with Crippen molar-refractivity contribution >= 4 is 17.4 Å². The standard InChI is InChI=1S/C14H15N3O/c1-9-5-3-7-11(15)13(9)14(18)17-12-8-4-6-10(2)16-12/h3-8H,15H2,1-2H3,(H,16,17,18). The summed E-state index contributed by atoms with van der Waals surface area (Å²) >= 11 is 0. The van der Waals surface area contributed by atoms with Gasteiger partial charge in [0.05, 0.1) is 5.56 Å². The maximum Gasteiger partial charge on any atom is 0.259 e. The molecule has 1 aromatic heterocycles. The average molecular weight is 241 g/mol. The second kappa shape index (κ2) is 4.87. The molecule has 0 bridgehead atoms. The summed E-state index contributed by atoms with van der Waals surface area (Å²) < 4.78 is 0. The predicted molar refractivity (Wildman–Crippen MR) is 72.5 cm³/mol. The first-order valence-electron chi connectivity index (χ1n) is 5.68. The molecule has 2 aromatic rings. The van der Waals surface area contributed by atoms with Crippen molar-refractivity contribution < 1.29 is 4.79 Å². The van der Waals surface area contributed by atoms with E-state index in [1.165, 1.54) is 0 Å². The molecular formula is C14H15N3O. The number of anilines is 2. The second-order valence-corrected chi connectivity index (χ2v) is 4.16. The Hall–Kier alpha value is -2.36. The Morgan fingerprint density at radius 2 is 1.89 bits per heavy atom. The van der Waals surface area contributed by atoms with E-state index >= 15 is 0 Å². The number of benzene rings is 1. The summed E-state index contributed by atoms with van der Waals surface area (Å²) in [6, 6.07) is 10.9. The molecule has 0 spiro atoms. The average Bonchev–Trinajstić information content (AvgIpc) is 2.28. The van der Waals surface area contributed by atoms with Crippen LogP contribution in [0.4, 0.5) is 11.5 Å². The minimum atomic E-state index is -0.233. The van der Waals surface area contributed by atoms with Gasteiger partial charge in [0.15, 0.2) is 0 Å². The number of hydrogen-bond acceptors (Lipinski definition) is 3. The minimum Gasteiger partial charge on any atom is -0.398 e. The van der Waals surface area contributed by atoms with E-state index < -0.39 is 0 Å². The van der Waals surface area contributed by atoms with Crippen LogP contribution in [0.2, 0.25) is 0 Å².